The Morgan fingerprint density at radius 3 is 2.00 bits per heavy atom. The summed E-state index contributed by atoms with van der Waals surface area (Å²) in [5, 5.41) is 0. The molecule has 1 saturated heterocycles. The summed E-state index contributed by atoms with van der Waals surface area (Å²) < 4.78 is 11.0. The third-order valence-electron chi connectivity index (χ3n) is 4.76. The first kappa shape index (κ1) is 17.8. The van der Waals surface area contributed by atoms with Crippen LogP contribution in [0, 0.1) is 0 Å². The van der Waals surface area contributed by atoms with Crippen molar-refractivity contribution < 1.29 is 9.47 Å². The van der Waals surface area contributed by atoms with Crippen molar-refractivity contribution in [3.05, 3.63) is 60.2 Å². The van der Waals surface area contributed by atoms with Gasteiger partial charge in [0.05, 0.1) is 7.11 Å². The maximum atomic E-state index is 5.83. The summed E-state index contributed by atoms with van der Waals surface area (Å²) in [5.74, 6) is 1.77. The first-order chi connectivity index (χ1) is 12.3. The van der Waals surface area contributed by atoms with Crippen LogP contribution in [0.5, 0.6) is 11.5 Å². The van der Waals surface area contributed by atoms with Gasteiger partial charge < -0.3 is 14.4 Å². The van der Waals surface area contributed by atoms with Gasteiger partial charge in [0.2, 0.25) is 0 Å². The lowest BCUT2D eigenvalue weighted by Gasteiger charge is -2.34. The smallest absolute Gasteiger partial charge is 0.119 e. The Morgan fingerprint density at radius 2 is 1.36 bits per heavy atom. The molecule has 0 radical (unpaired) electrons. The van der Waals surface area contributed by atoms with Gasteiger partial charge in [0.15, 0.2) is 0 Å². The van der Waals surface area contributed by atoms with Crippen molar-refractivity contribution in [2.24, 2.45) is 0 Å². The van der Waals surface area contributed by atoms with E-state index in [0.29, 0.717) is 0 Å². The number of hydrogen-bond donors (Lipinski definition) is 0. The van der Waals surface area contributed by atoms with Gasteiger partial charge in [-0.1, -0.05) is 30.3 Å². The summed E-state index contributed by atoms with van der Waals surface area (Å²) in [7, 11) is 1.68. The molecule has 25 heavy (non-hydrogen) atoms. The molecule has 0 N–H and O–H groups in total. The van der Waals surface area contributed by atoms with Gasteiger partial charge >= 0.3 is 0 Å². The molecule has 1 aliphatic heterocycles. The maximum absolute atomic E-state index is 5.83. The Labute approximate surface area is 151 Å². The van der Waals surface area contributed by atoms with Crippen LogP contribution in [0.15, 0.2) is 54.6 Å². The van der Waals surface area contributed by atoms with Gasteiger partial charge in [0.25, 0.3) is 0 Å². The van der Waals surface area contributed by atoms with Gasteiger partial charge in [-0.05, 0) is 36.2 Å². The molecule has 3 rings (SSSR count). The lowest BCUT2D eigenvalue weighted by molar-refractivity contribution is 0.118. The summed E-state index contributed by atoms with van der Waals surface area (Å²) >= 11 is 0. The Balaban J connectivity index is 1.31. The second kappa shape index (κ2) is 9.44. The highest BCUT2D eigenvalue weighted by Gasteiger charge is 2.16. The van der Waals surface area contributed by atoms with E-state index in [1.807, 2.05) is 24.3 Å². The molecule has 0 aromatic heterocycles. The Kier molecular flexibility index (Phi) is 6.71. The lowest BCUT2D eigenvalue weighted by atomic mass is 10.1. The van der Waals surface area contributed by atoms with E-state index in [4.69, 9.17) is 9.47 Å². The van der Waals surface area contributed by atoms with Crippen molar-refractivity contribution in [2.45, 2.75) is 6.42 Å². The molecular weight excluding hydrogens is 312 g/mol. The molecule has 1 aliphatic rings. The SMILES string of the molecule is COc1ccc(OCCN2CCN(CCc3ccccc3)CC2)cc1. The van der Waals surface area contributed by atoms with Crippen molar-refractivity contribution in [3.8, 4) is 11.5 Å². The minimum atomic E-state index is 0.732. The second-order valence-electron chi connectivity index (χ2n) is 6.44. The third-order valence-corrected chi connectivity index (χ3v) is 4.76. The van der Waals surface area contributed by atoms with E-state index in [0.717, 1.165) is 63.8 Å². The van der Waals surface area contributed by atoms with Gasteiger partial charge in [0.1, 0.15) is 18.1 Å². The van der Waals surface area contributed by atoms with Crippen LogP contribution in [-0.2, 0) is 6.42 Å². The molecule has 2 aromatic rings. The van der Waals surface area contributed by atoms with Crippen LogP contribution in [0.25, 0.3) is 0 Å². The first-order valence-electron chi connectivity index (χ1n) is 9.09. The summed E-state index contributed by atoms with van der Waals surface area (Å²) in [6.07, 6.45) is 1.14. The monoisotopic (exact) mass is 340 g/mol. The van der Waals surface area contributed by atoms with E-state index in [9.17, 15) is 0 Å². The fourth-order valence-corrected chi connectivity index (χ4v) is 3.13. The van der Waals surface area contributed by atoms with Crippen molar-refractivity contribution in [2.75, 3.05) is 53.0 Å². The molecule has 4 heteroatoms. The summed E-state index contributed by atoms with van der Waals surface area (Å²) in [4.78, 5) is 5.05. The molecule has 1 heterocycles. The molecule has 0 aliphatic carbocycles. The van der Waals surface area contributed by atoms with E-state index in [1.54, 1.807) is 7.11 Å². The lowest BCUT2D eigenvalue weighted by Crippen LogP contribution is -2.47. The zero-order valence-electron chi connectivity index (χ0n) is 15.1. The van der Waals surface area contributed by atoms with Crippen molar-refractivity contribution in [3.63, 3.8) is 0 Å². The summed E-state index contributed by atoms with van der Waals surface area (Å²) in [5.41, 5.74) is 1.43. The summed E-state index contributed by atoms with van der Waals surface area (Å²) in [6.45, 7) is 7.42. The van der Waals surface area contributed by atoms with Crippen LogP contribution >= 0.6 is 0 Å². The van der Waals surface area contributed by atoms with Crippen LogP contribution < -0.4 is 9.47 Å². The van der Waals surface area contributed by atoms with Gasteiger partial charge in [-0.2, -0.15) is 0 Å². The van der Waals surface area contributed by atoms with Crippen molar-refractivity contribution >= 4 is 0 Å². The highest BCUT2D eigenvalue weighted by atomic mass is 16.5. The van der Waals surface area contributed by atoms with Crippen LogP contribution in [0.3, 0.4) is 0 Å². The minimum Gasteiger partial charge on any atom is -0.497 e. The molecule has 2 aromatic carbocycles. The highest BCUT2D eigenvalue weighted by molar-refractivity contribution is 5.31. The quantitative estimate of drug-likeness (QED) is 0.738. The predicted octanol–water partition coefficient (Wildman–Crippen LogP) is 2.93. The van der Waals surface area contributed by atoms with Crippen LogP contribution in [0.1, 0.15) is 5.56 Å². The van der Waals surface area contributed by atoms with Crippen molar-refractivity contribution in [1.29, 1.82) is 0 Å². The zero-order chi connectivity index (χ0) is 17.3. The molecule has 4 nitrogen and oxygen atoms in total. The second-order valence-corrected chi connectivity index (χ2v) is 6.44. The van der Waals surface area contributed by atoms with Crippen LogP contribution in [0.2, 0.25) is 0 Å². The average Bonchev–Trinajstić information content (AvgIpc) is 2.69. The van der Waals surface area contributed by atoms with Crippen LogP contribution in [-0.4, -0.2) is 62.8 Å². The minimum absolute atomic E-state index is 0.732. The van der Waals surface area contributed by atoms with Gasteiger partial charge in [-0.3, -0.25) is 4.90 Å². The third kappa shape index (κ3) is 5.76. The molecule has 0 bridgehead atoms. The number of nitrogens with zero attached hydrogens (tertiary/aromatic N) is 2. The van der Waals surface area contributed by atoms with E-state index >= 15 is 0 Å². The fraction of sp³-hybridized carbons (Fsp3) is 0.429. The number of rotatable bonds is 8. The van der Waals surface area contributed by atoms with Crippen molar-refractivity contribution in [1.82, 2.24) is 9.80 Å². The molecule has 0 amide bonds. The predicted molar refractivity (Wildman–Crippen MR) is 102 cm³/mol. The maximum Gasteiger partial charge on any atom is 0.119 e. The average molecular weight is 340 g/mol. The standard InChI is InChI=1S/C21H28N2O2/c1-24-20-7-9-21(10-8-20)25-18-17-23-15-13-22(14-16-23)12-11-19-5-3-2-4-6-19/h2-10H,11-18H2,1H3. The van der Waals surface area contributed by atoms with E-state index in [1.165, 1.54) is 5.56 Å². The van der Waals surface area contributed by atoms with Gasteiger partial charge in [-0.25, -0.2) is 0 Å². The Morgan fingerprint density at radius 1 is 0.760 bits per heavy atom. The molecule has 0 atom stereocenters. The number of piperazine rings is 1. The number of methoxy groups -OCH3 is 1. The number of ether oxygens (including phenoxy) is 2. The van der Waals surface area contributed by atoms with E-state index in [-0.39, 0.29) is 0 Å². The zero-order valence-corrected chi connectivity index (χ0v) is 15.1. The largest absolute Gasteiger partial charge is 0.497 e. The molecular formula is C21H28N2O2. The normalized spacial score (nSPS) is 15.9. The van der Waals surface area contributed by atoms with E-state index < -0.39 is 0 Å². The molecule has 1 fully saturated rings. The number of hydrogen-bond acceptors (Lipinski definition) is 4. The van der Waals surface area contributed by atoms with E-state index in [2.05, 4.69) is 40.1 Å². The molecule has 134 valence electrons. The first-order valence-corrected chi connectivity index (χ1v) is 9.09. The molecule has 0 saturated carbocycles. The van der Waals surface area contributed by atoms with Gasteiger partial charge in [-0.15, -0.1) is 0 Å². The number of benzene rings is 2. The van der Waals surface area contributed by atoms with Gasteiger partial charge in [0, 0.05) is 39.3 Å². The summed E-state index contributed by atoms with van der Waals surface area (Å²) in [6, 6.07) is 18.5. The topological polar surface area (TPSA) is 24.9 Å². The Bertz CT molecular complexity index is 608. The highest BCUT2D eigenvalue weighted by Crippen LogP contribution is 2.17. The fourth-order valence-electron chi connectivity index (χ4n) is 3.13. The molecule has 0 spiro atoms. The molecule has 0 unspecified atom stereocenters. The Hall–Kier alpha value is -2.04. The van der Waals surface area contributed by atoms with Crippen LogP contribution in [0.4, 0.5) is 0 Å².